The number of hydrogen-bond donors (Lipinski definition) is 0. The summed E-state index contributed by atoms with van der Waals surface area (Å²) in [4.78, 5) is 38.1. The molecule has 0 amide bonds. The van der Waals surface area contributed by atoms with Crippen molar-refractivity contribution < 1.29 is 28.6 Å². The first kappa shape index (κ1) is 64.1. The van der Waals surface area contributed by atoms with E-state index in [1.165, 1.54) is 180 Å². The molecule has 0 aliphatic heterocycles. The second kappa shape index (κ2) is 55.7. The van der Waals surface area contributed by atoms with E-state index in [2.05, 4.69) is 81.5 Å². The van der Waals surface area contributed by atoms with Crippen molar-refractivity contribution in [2.24, 2.45) is 0 Å². The molecule has 0 N–H and O–H groups in total. The number of carbonyl (C=O) groups is 3. The molecule has 0 rings (SSSR count). The Hall–Kier alpha value is -2.89. The number of allylic oxidation sites excluding steroid dienone is 10. The number of carbonyl (C=O) groups excluding carboxylic acids is 3. The summed E-state index contributed by atoms with van der Waals surface area (Å²) >= 11 is 0. The minimum Gasteiger partial charge on any atom is -0.462 e. The van der Waals surface area contributed by atoms with Crippen molar-refractivity contribution in [1.82, 2.24) is 0 Å². The summed E-state index contributed by atoms with van der Waals surface area (Å²) in [5.41, 5.74) is 0. The fourth-order valence-corrected chi connectivity index (χ4v) is 8.14. The average molecular weight is 938 g/mol. The zero-order chi connectivity index (χ0) is 48.6. The van der Waals surface area contributed by atoms with Gasteiger partial charge in [-0.1, -0.05) is 248 Å². The molecule has 0 aromatic carbocycles. The van der Waals surface area contributed by atoms with E-state index in [1.807, 2.05) is 0 Å². The van der Waals surface area contributed by atoms with Gasteiger partial charge in [-0.15, -0.1) is 0 Å². The highest BCUT2D eigenvalue weighted by Gasteiger charge is 2.19. The van der Waals surface area contributed by atoms with Gasteiger partial charge in [-0.3, -0.25) is 14.4 Å². The Morgan fingerprint density at radius 2 is 0.552 bits per heavy atom. The quantitative estimate of drug-likeness (QED) is 0.0262. The fourth-order valence-electron chi connectivity index (χ4n) is 8.14. The number of hydrogen-bond acceptors (Lipinski definition) is 6. The van der Waals surface area contributed by atoms with Gasteiger partial charge in [0.15, 0.2) is 6.10 Å². The third-order valence-electron chi connectivity index (χ3n) is 12.5. The molecule has 67 heavy (non-hydrogen) atoms. The monoisotopic (exact) mass is 937 g/mol. The maximum absolute atomic E-state index is 12.8. The van der Waals surface area contributed by atoms with Crippen molar-refractivity contribution in [2.75, 3.05) is 13.2 Å². The third-order valence-corrected chi connectivity index (χ3v) is 12.5. The van der Waals surface area contributed by atoms with Crippen molar-refractivity contribution >= 4 is 17.9 Å². The first-order chi connectivity index (χ1) is 33.0. The lowest BCUT2D eigenvalue weighted by atomic mass is 10.0. The van der Waals surface area contributed by atoms with E-state index in [1.54, 1.807) is 0 Å². The van der Waals surface area contributed by atoms with Crippen LogP contribution in [-0.2, 0) is 28.6 Å². The normalized spacial score (nSPS) is 12.5. The van der Waals surface area contributed by atoms with Crippen LogP contribution in [-0.4, -0.2) is 37.2 Å². The van der Waals surface area contributed by atoms with Gasteiger partial charge in [0.05, 0.1) is 0 Å². The Kier molecular flexibility index (Phi) is 53.3. The van der Waals surface area contributed by atoms with Gasteiger partial charge < -0.3 is 14.2 Å². The summed E-state index contributed by atoms with van der Waals surface area (Å²) in [6.45, 7) is 6.59. The van der Waals surface area contributed by atoms with E-state index in [0.717, 1.165) is 64.2 Å². The molecular weight excluding hydrogens is 829 g/mol. The van der Waals surface area contributed by atoms with Gasteiger partial charge in [-0.05, 0) is 83.5 Å². The number of esters is 3. The molecule has 0 saturated carbocycles. The third kappa shape index (κ3) is 53.9. The molecule has 1 unspecified atom stereocenters. The van der Waals surface area contributed by atoms with Crippen LogP contribution in [0.4, 0.5) is 0 Å². The van der Waals surface area contributed by atoms with E-state index >= 15 is 0 Å². The molecular formula is C61H108O6. The predicted molar refractivity (Wildman–Crippen MR) is 288 cm³/mol. The average Bonchev–Trinajstić information content (AvgIpc) is 3.33. The zero-order valence-corrected chi connectivity index (χ0v) is 44.4. The summed E-state index contributed by atoms with van der Waals surface area (Å²) < 4.78 is 16.8. The van der Waals surface area contributed by atoms with Gasteiger partial charge in [0.1, 0.15) is 13.2 Å². The predicted octanol–water partition coefficient (Wildman–Crippen LogP) is 19.2. The van der Waals surface area contributed by atoms with Crippen LogP contribution in [0.25, 0.3) is 0 Å². The second-order valence-electron chi connectivity index (χ2n) is 19.2. The molecule has 1 atom stereocenters. The van der Waals surface area contributed by atoms with E-state index in [0.29, 0.717) is 19.3 Å². The van der Waals surface area contributed by atoms with Crippen molar-refractivity contribution in [3.05, 3.63) is 60.8 Å². The summed E-state index contributed by atoms with van der Waals surface area (Å²) in [6, 6.07) is 0. The standard InChI is InChI=1S/C61H108O6/c1-4-7-10-13-16-19-22-25-27-29-30-32-33-36-39-42-45-48-51-54-60(63)66-57-58(56-65-59(62)53-50-47-44-41-38-35-24-21-18-15-12-9-6-3)67-61(64)55-52-49-46-43-40-37-34-31-28-26-23-20-17-14-11-8-5-2/h17,20,26,28-30,34,37,43,46,58H,4-16,18-19,21-25,27,31-33,35-36,38-42,44-45,47-57H2,1-3H3/b20-17-,28-26-,30-29-,37-34-,46-43-. The van der Waals surface area contributed by atoms with Gasteiger partial charge in [0, 0.05) is 19.3 Å². The highest BCUT2D eigenvalue weighted by Crippen LogP contribution is 2.15. The Morgan fingerprint density at radius 3 is 0.925 bits per heavy atom. The SMILES string of the molecule is CCCCC/C=C\C/C=C\C/C=C\C/C=C\CCCC(=O)OC(COC(=O)CCCCCCCCC/C=C\CCCCCCCCCC)COC(=O)CCCCCCCCCCCCCCC. The van der Waals surface area contributed by atoms with Crippen molar-refractivity contribution in [3.63, 3.8) is 0 Å². The first-order valence-electron chi connectivity index (χ1n) is 28.8. The van der Waals surface area contributed by atoms with Crippen molar-refractivity contribution in [2.45, 2.75) is 297 Å². The van der Waals surface area contributed by atoms with Crippen LogP contribution in [0.3, 0.4) is 0 Å². The number of rotatable bonds is 52. The first-order valence-corrected chi connectivity index (χ1v) is 28.8. The number of unbranched alkanes of at least 4 members (excludes halogenated alkanes) is 31. The Balaban J connectivity index is 4.43. The van der Waals surface area contributed by atoms with E-state index in [-0.39, 0.29) is 37.5 Å². The minimum atomic E-state index is -0.802. The summed E-state index contributed by atoms with van der Waals surface area (Å²) in [6.07, 6.45) is 69.3. The van der Waals surface area contributed by atoms with Gasteiger partial charge in [0.2, 0.25) is 0 Å². The van der Waals surface area contributed by atoms with E-state index in [4.69, 9.17) is 14.2 Å². The van der Waals surface area contributed by atoms with E-state index < -0.39 is 6.10 Å². The highest BCUT2D eigenvalue weighted by molar-refractivity contribution is 5.71. The van der Waals surface area contributed by atoms with E-state index in [9.17, 15) is 14.4 Å². The fraction of sp³-hybridized carbons (Fsp3) is 0.787. The maximum atomic E-state index is 12.8. The summed E-state index contributed by atoms with van der Waals surface area (Å²) in [5, 5.41) is 0. The van der Waals surface area contributed by atoms with Crippen LogP contribution < -0.4 is 0 Å². The van der Waals surface area contributed by atoms with Crippen LogP contribution >= 0.6 is 0 Å². The molecule has 0 aromatic heterocycles. The largest absolute Gasteiger partial charge is 0.462 e. The Labute approximate surface area is 415 Å². The molecule has 388 valence electrons. The number of ether oxygens (including phenoxy) is 3. The summed E-state index contributed by atoms with van der Waals surface area (Å²) in [5.74, 6) is -0.945. The zero-order valence-electron chi connectivity index (χ0n) is 44.4. The molecule has 0 saturated heterocycles. The topological polar surface area (TPSA) is 78.9 Å². The van der Waals surface area contributed by atoms with Gasteiger partial charge >= 0.3 is 17.9 Å². The van der Waals surface area contributed by atoms with Gasteiger partial charge in [0.25, 0.3) is 0 Å². The smallest absolute Gasteiger partial charge is 0.306 e. The maximum Gasteiger partial charge on any atom is 0.306 e. The van der Waals surface area contributed by atoms with Crippen LogP contribution in [0.15, 0.2) is 60.8 Å². The lowest BCUT2D eigenvalue weighted by Crippen LogP contribution is -2.30. The Bertz CT molecular complexity index is 1210. The molecule has 0 fully saturated rings. The Morgan fingerprint density at radius 1 is 0.299 bits per heavy atom. The summed E-state index contributed by atoms with van der Waals surface area (Å²) in [7, 11) is 0. The molecule has 6 nitrogen and oxygen atoms in total. The second-order valence-corrected chi connectivity index (χ2v) is 19.2. The van der Waals surface area contributed by atoms with Gasteiger partial charge in [-0.2, -0.15) is 0 Å². The van der Waals surface area contributed by atoms with Crippen molar-refractivity contribution in [3.8, 4) is 0 Å². The van der Waals surface area contributed by atoms with Crippen molar-refractivity contribution in [1.29, 1.82) is 0 Å². The highest BCUT2D eigenvalue weighted by atomic mass is 16.6. The molecule has 0 aliphatic carbocycles. The molecule has 0 heterocycles. The lowest BCUT2D eigenvalue weighted by Gasteiger charge is -2.18. The van der Waals surface area contributed by atoms with Crippen LogP contribution in [0, 0.1) is 0 Å². The van der Waals surface area contributed by atoms with Crippen LogP contribution in [0.2, 0.25) is 0 Å². The molecule has 0 spiro atoms. The van der Waals surface area contributed by atoms with Crippen LogP contribution in [0.1, 0.15) is 290 Å². The minimum absolute atomic E-state index is 0.0947. The molecule has 0 aromatic rings. The molecule has 0 aliphatic rings. The molecule has 0 radical (unpaired) electrons. The lowest BCUT2D eigenvalue weighted by molar-refractivity contribution is -0.167. The van der Waals surface area contributed by atoms with Crippen LogP contribution in [0.5, 0.6) is 0 Å². The molecule has 0 bridgehead atoms. The van der Waals surface area contributed by atoms with Gasteiger partial charge in [-0.25, -0.2) is 0 Å². The molecule has 6 heteroatoms.